The number of amidine groups is 1. The Morgan fingerprint density at radius 2 is 1.90 bits per heavy atom. The maximum Gasteiger partial charge on any atom is 0.377 e. The smallest absolute Gasteiger partial charge is 0.377 e. The van der Waals surface area contributed by atoms with Crippen LogP contribution in [0, 0.1) is 0 Å². The molecule has 1 N–H and O–H groups in total. The van der Waals surface area contributed by atoms with Crippen molar-refractivity contribution in [3.63, 3.8) is 0 Å². The second-order valence-electron chi connectivity index (χ2n) is 4.45. The number of rotatable bonds is 2. The normalized spacial score (nSPS) is 16.1. The second-order valence-corrected chi connectivity index (χ2v) is 4.45. The number of hydrogen-bond acceptors (Lipinski definition) is 5. The van der Waals surface area contributed by atoms with E-state index in [1.165, 1.54) is 0 Å². The number of nitrogens with zero attached hydrogens (tertiary/aromatic N) is 3. The Bertz CT molecular complexity index is 468. The Balaban J connectivity index is 1.95. The Labute approximate surface area is 118 Å². The Kier molecular flexibility index (Phi) is 4.81. The van der Waals surface area contributed by atoms with E-state index in [2.05, 4.69) is 22.2 Å². The average Bonchev–Trinajstić information content (AvgIpc) is 2.50. The van der Waals surface area contributed by atoms with E-state index in [9.17, 15) is 4.79 Å². The number of piperazine rings is 1. The zero-order valence-corrected chi connectivity index (χ0v) is 11.5. The molecular formula is C14H19N3O3. The van der Waals surface area contributed by atoms with E-state index in [0.29, 0.717) is 13.1 Å². The van der Waals surface area contributed by atoms with Gasteiger partial charge in [-0.1, -0.05) is 23.4 Å². The number of carbonyl (C=O) groups is 1. The molecule has 6 nitrogen and oxygen atoms in total. The number of ether oxygens (including phenoxy) is 1. The molecule has 2 rings (SSSR count). The summed E-state index contributed by atoms with van der Waals surface area (Å²) < 4.78 is 4.87. The number of carbonyl (C=O) groups excluding carboxylic acids is 1. The molecule has 1 aromatic carbocycles. The van der Waals surface area contributed by atoms with Crippen molar-refractivity contribution in [2.75, 3.05) is 37.7 Å². The molecule has 0 atom stereocenters. The molecule has 0 aromatic heterocycles. The van der Waals surface area contributed by atoms with Gasteiger partial charge in [0.2, 0.25) is 0 Å². The van der Waals surface area contributed by atoms with Gasteiger partial charge in [-0.3, -0.25) is 0 Å². The van der Waals surface area contributed by atoms with E-state index in [1.54, 1.807) is 11.8 Å². The van der Waals surface area contributed by atoms with Gasteiger partial charge < -0.3 is 19.7 Å². The predicted octanol–water partition coefficient (Wildman–Crippen LogP) is 1.16. The maximum absolute atomic E-state index is 11.7. The molecule has 1 aliphatic heterocycles. The van der Waals surface area contributed by atoms with E-state index in [-0.39, 0.29) is 12.4 Å². The first kappa shape index (κ1) is 14.2. The van der Waals surface area contributed by atoms with E-state index in [0.717, 1.165) is 18.8 Å². The largest absolute Gasteiger partial charge is 0.460 e. The minimum absolute atomic E-state index is 0.0143. The van der Waals surface area contributed by atoms with E-state index >= 15 is 0 Å². The summed E-state index contributed by atoms with van der Waals surface area (Å²) in [5, 5.41) is 12.1. The topological polar surface area (TPSA) is 65.4 Å². The van der Waals surface area contributed by atoms with Gasteiger partial charge in [0.1, 0.15) is 0 Å². The van der Waals surface area contributed by atoms with Crippen LogP contribution in [0.5, 0.6) is 0 Å². The number of oxime groups is 1. The van der Waals surface area contributed by atoms with Crippen molar-refractivity contribution in [1.29, 1.82) is 0 Å². The first-order valence-electron chi connectivity index (χ1n) is 6.70. The Morgan fingerprint density at radius 1 is 1.25 bits per heavy atom. The fourth-order valence-electron chi connectivity index (χ4n) is 2.24. The molecule has 0 amide bonds. The van der Waals surface area contributed by atoms with Gasteiger partial charge in [-0.25, -0.2) is 4.79 Å². The first-order valence-corrected chi connectivity index (χ1v) is 6.70. The van der Waals surface area contributed by atoms with Crippen LogP contribution in [0.1, 0.15) is 6.92 Å². The van der Waals surface area contributed by atoms with Gasteiger partial charge in [-0.15, -0.1) is 0 Å². The molecule has 0 bridgehead atoms. The van der Waals surface area contributed by atoms with E-state index < -0.39 is 5.97 Å². The van der Waals surface area contributed by atoms with Gasteiger partial charge >= 0.3 is 5.97 Å². The van der Waals surface area contributed by atoms with Gasteiger partial charge in [-0.05, 0) is 19.1 Å². The highest BCUT2D eigenvalue weighted by Gasteiger charge is 2.25. The molecule has 0 unspecified atom stereocenters. The molecule has 0 radical (unpaired) electrons. The van der Waals surface area contributed by atoms with Crippen LogP contribution in [0.25, 0.3) is 0 Å². The number of para-hydroxylation sites is 1. The molecule has 1 saturated heterocycles. The predicted molar refractivity (Wildman–Crippen MR) is 76.1 cm³/mol. The summed E-state index contributed by atoms with van der Waals surface area (Å²) in [6, 6.07) is 10.1. The van der Waals surface area contributed by atoms with E-state index in [4.69, 9.17) is 9.94 Å². The number of hydrogen-bond donors (Lipinski definition) is 1. The van der Waals surface area contributed by atoms with Crippen LogP contribution >= 0.6 is 0 Å². The van der Waals surface area contributed by atoms with Crippen molar-refractivity contribution in [3.05, 3.63) is 30.3 Å². The number of esters is 1. The maximum atomic E-state index is 11.7. The minimum atomic E-state index is -0.580. The highest BCUT2D eigenvalue weighted by atomic mass is 16.5. The van der Waals surface area contributed by atoms with Gasteiger partial charge in [0, 0.05) is 31.9 Å². The summed E-state index contributed by atoms with van der Waals surface area (Å²) in [6.07, 6.45) is 0. The first-order chi connectivity index (χ1) is 9.76. The molecule has 1 heterocycles. The number of anilines is 1. The minimum Gasteiger partial charge on any atom is -0.460 e. The molecule has 1 aliphatic rings. The lowest BCUT2D eigenvalue weighted by molar-refractivity contribution is -0.136. The lowest BCUT2D eigenvalue weighted by Gasteiger charge is -2.36. The lowest BCUT2D eigenvalue weighted by atomic mass is 10.2. The summed E-state index contributed by atoms with van der Waals surface area (Å²) in [7, 11) is 0. The third kappa shape index (κ3) is 3.20. The van der Waals surface area contributed by atoms with E-state index in [1.807, 2.05) is 18.2 Å². The highest BCUT2D eigenvalue weighted by Crippen LogP contribution is 2.15. The van der Waals surface area contributed by atoms with Crippen LogP contribution in [0.3, 0.4) is 0 Å². The zero-order chi connectivity index (χ0) is 14.4. The molecular weight excluding hydrogens is 258 g/mol. The Morgan fingerprint density at radius 3 is 2.45 bits per heavy atom. The van der Waals surface area contributed by atoms with Crippen molar-refractivity contribution in [1.82, 2.24) is 4.90 Å². The number of benzene rings is 1. The van der Waals surface area contributed by atoms with Crippen molar-refractivity contribution < 1.29 is 14.7 Å². The summed E-state index contributed by atoms with van der Waals surface area (Å²) in [6.45, 7) is 4.76. The summed E-state index contributed by atoms with van der Waals surface area (Å²) >= 11 is 0. The average molecular weight is 277 g/mol. The van der Waals surface area contributed by atoms with Crippen LogP contribution in [-0.4, -0.2) is 54.7 Å². The van der Waals surface area contributed by atoms with Crippen LogP contribution in [-0.2, 0) is 9.53 Å². The second kappa shape index (κ2) is 6.79. The summed E-state index contributed by atoms with van der Waals surface area (Å²) in [5.74, 6) is -0.595. The van der Waals surface area contributed by atoms with Gasteiger partial charge in [-0.2, -0.15) is 0 Å². The molecule has 0 saturated carbocycles. The monoisotopic (exact) mass is 277 g/mol. The standard InChI is InChI=1S/C14H19N3O3/c1-2-20-14(18)13(15-19)17-10-8-16(9-11-17)12-6-4-3-5-7-12/h3-7,19H,2,8-11H2,1H3/b15-13+. The fraction of sp³-hybridized carbons (Fsp3) is 0.429. The summed E-state index contributed by atoms with van der Waals surface area (Å²) in [5.41, 5.74) is 1.16. The zero-order valence-electron chi connectivity index (χ0n) is 11.5. The summed E-state index contributed by atoms with van der Waals surface area (Å²) in [4.78, 5) is 15.6. The molecule has 20 heavy (non-hydrogen) atoms. The van der Waals surface area contributed by atoms with Crippen LogP contribution in [0.15, 0.2) is 35.5 Å². The molecule has 108 valence electrons. The van der Waals surface area contributed by atoms with Crippen molar-refractivity contribution in [2.45, 2.75) is 6.92 Å². The highest BCUT2D eigenvalue weighted by molar-refractivity contribution is 6.35. The van der Waals surface area contributed by atoms with Gasteiger partial charge in [0.25, 0.3) is 5.84 Å². The van der Waals surface area contributed by atoms with Gasteiger partial charge in [0.15, 0.2) is 0 Å². The molecule has 6 heteroatoms. The molecule has 1 aromatic rings. The molecule has 0 spiro atoms. The van der Waals surface area contributed by atoms with Crippen LogP contribution in [0.4, 0.5) is 5.69 Å². The van der Waals surface area contributed by atoms with Crippen molar-refractivity contribution in [2.24, 2.45) is 5.16 Å². The van der Waals surface area contributed by atoms with Crippen molar-refractivity contribution >= 4 is 17.5 Å². The van der Waals surface area contributed by atoms with Gasteiger partial charge in [0.05, 0.1) is 6.61 Å². The van der Waals surface area contributed by atoms with Crippen molar-refractivity contribution in [3.8, 4) is 0 Å². The quantitative estimate of drug-likeness (QED) is 0.289. The fourth-order valence-corrected chi connectivity index (χ4v) is 2.24. The third-order valence-corrected chi connectivity index (χ3v) is 3.25. The SMILES string of the molecule is CCOC(=O)/C(=N\O)N1CCN(c2ccccc2)CC1. The third-order valence-electron chi connectivity index (χ3n) is 3.25. The lowest BCUT2D eigenvalue weighted by Crippen LogP contribution is -2.51. The Hall–Kier alpha value is -2.24. The van der Waals surface area contributed by atoms with Crippen LogP contribution in [0.2, 0.25) is 0 Å². The molecule has 1 fully saturated rings. The van der Waals surface area contributed by atoms with Crippen LogP contribution < -0.4 is 4.90 Å². The molecule has 0 aliphatic carbocycles.